The monoisotopic (exact) mass is 275 g/mol. The molecule has 0 saturated heterocycles. The van der Waals surface area contributed by atoms with Crippen molar-refractivity contribution in [1.82, 2.24) is 5.32 Å². The van der Waals surface area contributed by atoms with Crippen molar-refractivity contribution in [2.75, 3.05) is 6.54 Å². The smallest absolute Gasteiger partial charge is 0.251 e. The van der Waals surface area contributed by atoms with Gasteiger partial charge in [0.25, 0.3) is 5.91 Å². The molecular formula is C17H25NO2. The average Bonchev–Trinajstić information content (AvgIpc) is 2.84. The fourth-order valence-corrected chi connectivity index (χ4v) is 3.08. The molecule has 1 aliphatic carbocycles. The lowest BCUT2D eigenvalue weighted by molar-refractivity contribution is -0.139. The lowest BCUT2D eigenvalue weighted by atomic mass is 9.82. The number of aryl methyl sites for hydroxylation is 1. The Kier molecular flexibility index (Phi) is 4.19. The molecule has 0 atom stereocenters. The van der Waals surface area contributed by atoms with Gasteiger partial charge < -0.3 is 10.4 Å². The van der Waals surface area contributed by atoms with Gasteiger partial charge in [-0.05, 0) is 43.7 Å². The van der Waals surface area contributed by atoms with E-state index in [1.165, 1.54) is 11.1 Å². The number of aliphatic hydroxyl groups is 1. The van der Waals surface area contributed by atoms with Crippen LogP contribution in [-0.2, 0) is 10.2 Å². The lowest BCUT2D eigenvalue weighted by Gasteiger charge is -2.29. The maximum absolute atomic E-state index is 12.2. The molecule has 1 fully saturated rings. The summed E-state index contributed by atoms with van der Waals surface area (Å²) < 4.78 is 0. The maximum Gasteiger partial charge on any atom is 0.251 e. The topological polar surface area (TPSA) is 49.3 Å². The summed E-state index contributed by atoms with van der Waals surface area (Å²) in [6.07, 6.45) is 3.05. The van der Waals surface area contributed by atoms with Gasteiger partial charge in [0.15, 0.2) is 0 Å². The summed E-state index contributed by atoms with van der Waals surface area (Å²) in [5.41, 5.74) is 1.18. The Morgan fingerprint density at radius 1 is 1.30 bits per heavy atom. The lowest BCUT2D eigenvalue weighted by Crippen LogP contribution is -2.48. The van der Waals surface area contributed by atoms with E-state index in [4.69, 9.17) is 0 Å². The quantitative estimate of drug-likeness (QED) is 0.887. The van der Waals surface area contributed by atoms with Gasteiger partial charge in [-0.2, -0.15) is 0 Å². The average molecular weight is 275 g/mol. The van der Waals surface area contributed by atoms with Crippen LogP contribution in [-0.4, -0.2) is 23.2 Å². The minimum absolute atomic E-state index is 0.143. The van der Waals surface area contributed by atoms with Crippen LogP contribution in [0, 0.1) is 6.92 Å². The number of nitrogens with one attached hydrogen (secondary N) is 1. The van der Waals surface area contributed by atoms with E-state index in [2.05, 4.69) is 38.2 Å². The fraction of sp³-hybridized carbons (Fsp3) is 0.588. The molecule has 0 aromatic heterocycles. The van der Waals surface area contributed by atoms with E-state index < -0.39 is 5.60 Å². The number of hydrogen-bond acceptors (Lipinski definition) is 2. The van der Waals surface area contributed by atoms with Crippen LogP contribution in [0.25, 0.3) is 0 Å². The van der Waals surface area contributed by atoms with Gasteiger partial charge in [0, 0.05) is 12.0 Å². The molecule has 0 unspecified atom stereocenters. The van der Waals surface area contributed by atoms with Crippen LogP contribution in [0.5, 0.6) is 0 Å². The van der Waals surface area contributed by atoms with E-state index in [1.807, 2.05) is 12.1 Å². The first-order chi connectivity index (χ1) is 9.35. The largest absolute Gasteiger partial charge is 0.380 e. The predicted octanol–water partition coefficient (Wildman–Crippen LogP) is 2.69. The Balaban J connectivity index is 2.02. The molecule has 3 nitrogen and oxygen atoms in total. The summed E-state index contributed by atoms with van der Waals surface area (Å²) in [7, 11) is 0. The molecule has 2 rings (SSSR count). The zero-order chi connectivity index (χ0) is 14.8. The van der Waals surface area contributed by atoms with Crippen molar-refractivity contribution in [3.05, 3.63) is 35.4 Å². The zero-order valence-electron chi connectivity index (χ0n) is 12.7. The Hall–Kier alpha value is -1.35. The van der Waals surface area contributed by atoms with Gasteiger partial charge in [-0.25, -0.2) is 0 Å². The van der Waals surface area contributed by atoms with Crippen LogP contribution >= 0.6 is 0 Å². The Morgan fingerprint density at radius 2 is 1.90 bits per heavy atom. The van der Waals surface area contributed by atoms with Crippen LogP contribution in [0.15, 0.2) is 24.3 Å². The van der Waals surface area contributed by atoms with Gasteiger partial charge >= 0.3 is 0 Å². The summed E-state index contributed by atoms with van der Waals surface area (Å²) in [6.45, 7) is 6.87. The number of amides is 1. The number of rotatable bonds is 4. The molecule has 20 heavy (non-hydrogen) atoms. The third-order valence-electron chi connectivity index (χ3n) is 4.42. The van der Waals surface area contributed by atoms with E-state index in [9.17, 15) is 9.90 Å². The van der Waals surface area contributed by atoms with Crippen molar-refractivity contribution < 1.29 is 9.90 Å². The first-order valence-corrected chi connectivity index (χ1v) is 7.42. The molecule has 0 heterocycles. The highest BCUT2D eigenvalue weighted by Crippen LogP contribution is 2.30. The second-order valence-corrected chi connectivity index (χ2v) is 6.62. The molecule has 0 bridgehead atoms. The highest BCUT2D eigenvalue weighted by Gasteiger charge is 2.39. The predicted molar refractivity (Wildman–Crippen MR) is 80.6 cm³/mol. The zero-order valence-corrected chi connectivity index (χ0v) is 12.7. The van der Waals surface area contributed by atoms with E-state index in [-0.39, 0.29) is 11.3 Å². The summed E-state index contributed by atoms with van der Waals surface area (Å²) >= 11 is 0. The fourth-order valence-electron chi connectivity index (χ4n) is 3.08. The molecule has 2 N–H and O–H groups in total. The van der Waals surface area contributed by atoms with Gasteiger partial charge in [0.05, 0.1) is 0 Å². The first-order valence-electron chi connectivity index (χ1n) is 7.42. The minimum atomic E-state index is -1.14. The summed E-state index contributed by atoms with van der Waals surface area (Å²) in [5.74, 6) is -0.211. The van der Waals surface area contributed by atoms with Crippen molar-refractivity contribution in [1.29, 1.82) is 0 Å². The summed E-state index contributed by atoms with van der Waals surface area (Å²) in [6, 6.07) is 8.24. The molecule has 1 aromatic rings. The second kappa shape index (κ2) is 5.57. The van der Waals surface area contributed by atoms with Gasteiger partial charge in [0.1, 0.15) is 5.60 Å². The number of benzene rings is 1. The molecular weight excluding hydrogens is 250 g/mol. The van der Waals surface area contributed by atoms with Crippen molar-refractivity contribution in [3.63, 3.8) is 0 Å². The standard InChI is InChI=1S/C17H25NO2/c1-13-8-4-5-9-14(13)16(2,3)12-18-15(19)17(20)10-6-7-11-17/h4-5,8-9,20H,6-7,10-12H2,1-3H3,(H,18,19). The number of carbonyl (C=O) groups is 1. The first kappa shape index (κ1) is 15.0. The van der Waals surface area contributed by atoms with Gasteiger partial charge in [-0.15, -0.1) is 0 Å². The molecule has 3 heteroatoms. The van der Waals surface area contributed by atoms with E-state index in [0.29, 0.717) is 19.4 Å². The van der Waals surface area contributed by atoms with E-state index in [0.717, 1.165) is 12.8 Å². The van der Waals surface area contributed by atoms with Crippen molar-refractivity contribution in [2.24, 2.45) is 0 Å². The van der Waals surface area contributed by atoms with Crippen molar-refractivity contribution >= 4 is 5.91 Å². The van der Waals surface area contributed by atoms with E-state index in [1.54, 1.807) is 0 Å². The Bertz CT molecular complexity index is 488. The molecule has 1 aromatic carbocycles. The Morgan fingerprint density at radius 3 is 2.50 bits per heavy atom. The highest BCUT2D eigenvalue weighted by atomic mass is 16.3. The minimum Gasteiger partial charge on any atom is -0.380 e. The van der Waals surface area contributed by atoms with Crippen LogP contribution < -0.4 is 5.32 Å². The second-order valence-electron chi connectivity index (χ2n) is 6.62. The summed E-state index contributed by atoms with van der Waals surface area (Å²) in [5, 5.41) is 13.2. The third-order valence-corrected chi connectivity index (χ3v) is 4.42. The van der Waals surface area contributed by atoms with Gasteiger partial charge in [0.2, 0.25) is 0 Å². The molecule has 110 valence electrons. The number of hydrogen-bond donors (Lipinski definition) is 2. The normalized spacial score (nSPS) is 18.0. The molecule has 1 amide bonds. The van der Waals surface area contributed by atoms with Gasteiger partial charge in [-0.1, -0.05) is 38.1 Å². The van der Waals surface area contributed by atoms with Crippen LogP contribution in [0.3, 0.4) is 0 Å². The molecule has 0 aliphatic heterocycles. The highest BCUT2D eigenvalue weighted by molar-refractivity contribution is 5.85. The van der Waals surface area contributed by atoms with Crippen LogP contribution in [0.4, 0.5) is 0 Å². The van der Waals surface area contributed by atoms with Crippen molar-refractivity contribution in [2.45, 2.75) is 57.5 Å². The van der Waals surface area contributed by atoms with Crippen molar-refractivity contribution in [3.8, 4) is 0 Å². The van der Waals surface area contributed by atoms with Crippen LogP contribution in [0.1, 0.15) is 50.7 Å². The third kappa shape index (κ3) is 3.04. The summed E-state index contributed by atoms with van der Waals surface area (Å²) in [4.78, 5) is 12.2. The van der Waals surface area contributed by atoms with E-state index >= 15 is 0 Å². The number of carbonyl (C=O) groups excluding carboxylic acids is 1. The molecule has 1 aliphatic rings. The SMILES string of the molecule is Cc1ccccc1C(C)(C)CNC(=O)C1(O)CCCC1. The maximum atomic E-state index is 12.2. The molecule has 0 spiro atoms. The van der Waals surface area contributed by atoms with Crippen LogP contribution in [0.2, 0.25) is 0 Å². The van der Waals surface area contributed by atoms with Gasteiger partial charge in [-0.3, -0.25) is 4.79 Å². The molecule has 0 radical (unpaired) electrons. The molecule has 1 saturated carbocycles. The Labute approximate surface area is 121 Å².